The van der Waals surface area contributed by atoms with Crippen LogP contribution in [0.25, 0.3) is 0 Å². The van der Waals surface area contributed by atoms with Gasteiger partial charge in [0.1, 0.15) is 5.82 Å². The quantitative estimate of drug-likeness (QED) is 0.730. The first-order valence-corrected chi connectivity index (χ1v) is 11.1. The van der Waals surface area contributed by atoms with Gasteiger partial charge in [-0.15, -0.1) is 0 Å². The molecule has 30 heavy (non-hydrogen) atoms. The van der Waals surface area contributed by atoms with Gasteiger partial charge in [0.25, 0.3) is 0 Å². The van der Waals surface area contributed by atoms with E-state index >= 15 is 0 Å². The van der Waals surface area contributed by atoms with Crippen molar-refractivity contribution < 1.29 is 22.7 Å². The fourth-order valence-electron chi connectivity index (χ4n) is 3.51. The maximum absolute atomic E-state index is 13.1. The van der Waals surface area contributed by atoms with Crippen molar-refractivity contribution in [3.63, 3.8) is 0 Å². The minimum Gasteiger partial charge on any atom is -0.465 e. The predicted octanol–water partition coefficient (Wildman–Crippen LogP) is 2.52. The van der Waals surface area contributed by atoms with Crippen LogP contribution in [0.5, 0.6) is 0 Å². The maximum atomic E-state index is 13.1. The van der Waals surface area contributed by atoms with Crippen molar-refractivity contribution in [3.8, 4) is 0 Å². The molecule has 0 aliphatic carbocycles. The second kappa shape index (κ2) is 8.93. The Bertz CT molecular complexity index is 1060. The molecule has 1 aromatic heterocycles. The van der Waals surface area contributed by atoms with E-state index in [4.69, 9.17) is 0 Å². The molecule has 0 radical (unpaired) electrons. The number of carbonyl (C=O) groups excluding carboxylic acids is 2. The lowest BCUT2D eigenvalue weighted by Gasteiger charge is -2.31. The molecule has 0 bridgehead atoms. The van der Waals surface area contributed by atoms with Gasteiger partial charge in [-0.1, -0.05) is 0 Å². The van der Waals surface area contributed by atoms with Gasteiger partial charge < -0.3 is 10.1 Å². The first-order valence-electron chi connectivity index (χ1n) is 9.65. The molecule has 2 heterocycles. The number of aryl methyl sites for hydroxylation is 2. The van der Waals surface area contributed by atoms with E-state index in [9.17, 15) is 18.0 Å². The van der Waals surface area contributed by atoms with E-state index < -0.39 is 16.0 Å². The van der Waals surface area contributed by atoms with Crippen LogP contribution in [0.3, 0.4) is 0 Å². The topological polar surface area (TPSA) is 106 Å². The molecule has 0 atom stereocenters. The van der Waals surface area contributed by atoms with Crippen molar-refractivity contribution in [3.05, 3.63) is 53.2 Å². The Balaban J connectivity index is 1.66. The molecule has 1 saturated heterocycles. The highest BCUT2D eigenvalue weighted by Crippen LogP contribution is 2.27. The molecular weight excluding hydrogens is 406 g/mol. The van der Waals surface area contributed by atoms with Crippen LogP contribution in [0, 0.1) is 19.8 Å². The Morgan fingerprint density at radius 3 is 2.43 bits per heavy atom. The van der Waals surface area contributed by atoms with Crippen molar-refractivity contribution in [2.75, 3.05) is 25.5 Å². The average molecular weight is 432 g/mol. The Morgan fingerprint density at radius 2 is 1.83 bits per heavy atom. The maximum Gasteiger partial charge on any atom is 0.337 e. The number of pyridine rings is 1. The van der Waals surface area contributed by atoms with Crippen molar-refractivity contribution in [1.29, 1.82) is 0 Å². The number of piperidine rings is 1. The number of nitrogens with zero attached hydrogens (tertiary/aromatic N) is 2. The van der Waals surface area contributed by atoms with E-state index in [-0.39, 0.29) is 29.8 Å². The van der Waals surface area contributed by atoms with Crippen LogP contribution in [0.2, 0.25) is 0 Å². The molecule has 1 amide bonds. The third kappa shape index (κ3) is 4.68. The van der Waals surface area contributed by atoms with Gasteiger partial charge in [-0.25, -0.2) is 18.2 Å². The van der Waals surface area contributed by atoms with Crippen molar-refractivity contribution in [1.82, 2.24) is 9.29 Å². The number of ether oxygens (including phenoxy) is 1. The molecule has 9 heteroatoms. The largest absolute Gasteiger partial charge is 0.465 e. The summed E-state index contributed by atoms with van der Waals surface area (Å²) in [5, 5.41) is 2.81. The Hall–Kier alpha value is -2.78. The number of anilines is 1. The van der Waals surface area contributed by atoms with Gasteiger partial charge in [-0.05, 0) is 68.1 Å². The highest BCUT2D eigenvalue weighted by atomic mass is 32.2. The minimum atomic E-state index is -3.72. The zero-order chi connectivity index (χ0) is 21.9. The molecule has 1 aromatic carbocycles. The molecule has 160 valence electrons. The van der Waals surface area contributed by atoms with E-state index in [2.05, 4.69) is 15.0 Å². The first kappa shape index (κ1) is 21.9. The van der Waals surface area contributed by atoms with Gasteiger partial charge >= 0.3 is 5.97 Å². The fraction of sp³-hybridized carbons (Fsp3) is 0.381. The molecular formula is C21H25N3O5S. The third-order valence-electron chi connectivity index (χ3n) is 5.21. The van der Waals surface area contributed by atoms with Gasteiger partial charge in [0.15, 0.2) is 0 Å². The van der Waals surface area contributed by atoms with Crippen molar-refractivity contribution in [2.24, 2.45) is 5.92 Å². The summed E-state index contributed by atoms with van der Waals surface area (Å²) >= 11 is 0. The summed E-state index contributed by atoms with van der Waals surface area (Å²) in [6.45, 7) is 4.06. The number of rotatable bonds is 5. The summed E-state index contributed by atoms with van der Waals surface area (Å²) in [4.78, 5) is 28.5. The lowest BCUT2D eigenvalue weighted by Crippen LogP contribution is -2.41. The van der Waals surface area contributed by atoms with Crippen molar-refractivity contribution >= 4 is 27.7 Å². The predicted molar refractivity (Wildman–Crippen MR) is 112 cm³/mol. The fourth-order valence-corrected chi connectivity index (χ4v) is 5.19. The monoisotopic (exact) mass is 431 g/mol. The smallest absolute Gasteiger partial charge is 0.337 e. The van der Waals surface area contributed by atoms with Gasteiger partial charge in [-0.3, -0.25) is 4.79 Å². The summed E-state index contributed by atoms with van der Waals surface area (Å²) in [6.07, 6.45) is 2.49. The SMILES string of the molecule is COC(=O)c1ccc(S(=O)(=O)N2CCC(C(=O)Nc3cc(C)ccn3)CC2)c(C)c1. The molecule has 8 nitrogen and oxygen atoms in total. The summed E-state index contributed by atoms with van der Waals surface area (Å²) < 4.78 is 32.2. The number of hydrogen-bond donors (Lipinski definition) is 1. The normalized spacial score (nSPS) is 15.6. The van der Waals surface area contributed by atoms with Crippen LogP contribution in [-0.2, 0) is 19.6 Å². The molecule has 2 aromatic rings. The second-order valence-corrected chi connectivity index (χ2v) is 9.26. The molecule has 3 rings (SSSR count). The van der Waals surface area contributed by atoms with E-state index in [1.54, 1.807) is 19.2 Å². The number of benzene rings is 1. The molecule has 0 unspecified atom stereocenters. The minimum absolute atomic E-state index is 0.149. The highest BCUT2D eigenvalue weighted by Gasteiger charge is 2.33. The summed E-state index contributed by atoms with van der Waals surface area (Å²) in [5.74, 6) is -0.446. The lowest BCUT2D eigenvalue weighted by molar-refractivity contribution is -0.120. The van der Waals surface area contributed by atoms with Crippen LogP contribution in [0.1, 0.15) is 34.3 Å². The van der Waals surface area contributed by atoms with Crippen LogP contribution in [0.4, 0.5) is 5.82 Å². The van der Waals surface area contributed by atoms with Crippen LogP contribution < -0.4 is 5.32 Å². The lowest BCUT2D eigenvalue weighted by atomic mass is 9.97. The summed E-state index contributed by atoms with van der Waals surface area (Å²) in [6, 6.07) is 8.02. The standard InChI is InChI=1S/C21H25N3O5S/c1-14-6-9-22-19(12-14)23-20(25)16-7-10-24(11-8-16)30(27,28)18-5-4-17(13-15(18)2)21(26)29-3/h4-6,9,12-13,16H,7-8,10-11H2,1-3H3,(H,22,23,25). The molecule has 0 spiro atoms. The van der Waals surface area contributed by atoms with E-state index in [0.29, 0.717) is 29.8 Å². The third-order valence-corrected chi connectivity index (χ3v) is 7.26. The van der Waals surface area contributed by atoms with E-state index in [0.717, 1.165) is 5.56 Å². The van der Waals surface area contributed by atoms with Gasteiger partial charge in [0, 0.05) is 25.2 Å². The van der Waals surface area contributed by atoms with Crippen LogP contribution in [0.15, 0.2) is 41.4 Å². The number of hydrogen-bond acceptors (Lipinski definition) is 6. The van der Waals surface area contributed by atoms with E-state index in [1.165, 1.54) is 29.6 Å². The molecule has 1 N–H and O–H groups in total. The molecule has 0 saturated carbocycles. The Morgan fingerprint density at radius 1 is 1.13 bits per heavy atom. The van der Waals surface area contributed by atoms with Crippen LogP contribution in [-0.4, -0.2) is 49.8 Å². The summed E-state index contributed by atoms with van der Waals surface area (Å²) in [5.41, 5.74) is 1.77. The van der Waals surface area contributed by atoms with Gasteiger partial charge in [0.05, 0.1) is 17.6 Å². The number of esters is 1. The summed E-state index contributed by atoms with van der Waals surface area (Å²) in [7, 11) is -2.44. The number of amides is 1. The molecule has 1 aliphatic heterocycles. The van der Waals surface area contributed by atoms with E-state index in [1.807, 2.05) is 13.0 Å². The second-order valence-electron chi connectivity index (χ2n) is 7.36. The molecule has 1 aliphatic rings. The number of aromatic nitrogens is 1. The number of nitrogens with one attached hydrogen (secondary N) is 1. The van der Waals surface area contributed by atoms with Crippen LogP contribution >= 0.6 is 0 Å². The van der Waals surface area contributed by atoms with Gasteiger partial charge in [-0.2, -0.15) is 4.31 Å². The zero-order valence-corrected chi connectivity index (χ0v) is 18.0. The molecule has 1 fully saturated rings. The van der Waals surface area contributed by atoms with Crippen molar-refractivity contribution in [2.45, 2.75) is 31.6 Å². The number of methoxy groups -OCH3 is 1. The Kier molecular flexibility index (Phi) is 6.52. The zero-order valence-electron chi connectivity index (χ0n) is 17.2. The first-order chi connectivity index (χ1) is 14.2. The number of sulfonamides is 1. The Labute approximate surface area is 176 Å². The average Bonchev–Trinajstić information content (AvgIpc) is 2.73. The van der Waals surface area contributed by atoms with Gasteiger partial charge in [0.2, 0.25) is 15.9 Å². The number of carbonyl (C=O) groups is 2. The highest BCUT2D eigenvalue weighted by molar-refractivity contribution is 7.89.